The van der Waals surface area contributed by atoms with Gasteiger partial charge in [0.15, 0.2) is 0 Å². The number of esters is 1. The van der Waals surface area contributed by atoms with Crippen molar-refractivity contribution in [1.29, 1.82) is 0 Å². The van der Waals surface area contributed by atoms with E-state index in [-0.39, 0.29) is 17.0 Å². The van der Waals surface area contributed by atoms with Crippen molar-refractivity contribution < 1.29 is 9.53 Å². The van der Waals surface area contributed by atoms with Crippen LogP contribution in [0.15, 0.2) is 24.3 Å². The van der Waals surface area contributed by atoms with Crippen LogP contribution in [0.4, 0.5) is 0 Å². The van der Waals surface area contributed by atoms with Gasteiger partial charge in [-0.3, -0.25) is 0 Å². The van der Waals surface area contributed by atoms with Gasteiger partial charge in [0.2, 0.25) is 0 Å². The Morgan fingerprint density at radius 3 is 2.25 bits per heavy atom. The van der Waals surface area contributed by atoms with Gasteiger partial charge in [0.1, 0.15) is 5.60 Å². The molecule has 1 aliphatic rings. The Morgan fingerprint density at radius 1 is 1.20 bits per heavy atom. The summed E-state index contributed by atoms with van der Waals surface area (Å²) < 4.78 is 5.70. The van der Waals surface area contributed by atoms with Crippen molar-refractivity contribution in [2.45, 2.75) is 70.8 Å². The van der Waals surface area contributed by atoms with Gasteiger partial charge in [0.25, 0.3) is 0 Å². The predicted octanol–water partition coefficient (Wildman–Crippen LogP) is 4.86. The highest BCUT2D eigenvalue weighted by Crippen LogP contribution is 2.33. The fraction of sp³-hybridized carbons (Fsp3) is 0.611. The second-order valence-electron chi connectivity index (χ2n) is 6.86. The van der Waals surface area contributed by atoms with Crippen molar-refractivity contribution in [2.24, 2.45) is 0 Å². The maximum absolute atomic E-state index is 12.2. The van der Waals surface area contributed by atoms with E-state index in [1.54, 1.807) is 0 Å². The van der Waals surface area contributed by atoms with Crippen molar-refractivity contribution in [1.82, 2.24) is 0 Å². The minimum absolute atomic E-state index is 0.153. The first kappa shape index (κ1) is 15.1. The molecule has 0 radical (unpaired) electrons. The average molecular weight is 274 g/mol. The molecule has 0 spiro atoms. The molecule has 0 aromatic heterocycles. The van der Waals surface area contributed by atoms with Gasteiger partial charge in [0.05, 0.1) is 5.56 Å². The topological polar surface area (TPSA) is 26.3 Å². The summed E-state index contributed by atoms with van der Waals surface area (Å²) in [6.07, 6.45) is 5.37. The number of carbonyl (C=O) groups excluding carboxylic acids is 1. The van der Waals surface area contributed by atoms with Crippen LogP contribution in [-0.2, 0) is 10.2 Å². The van der Waals surface area contributed by atoms with Gasteiger partial charge in [-0.05, 0) is 62.1 Å². The molecule has 1 saturated carbocycles. The largest absolute Gasteiger partial charge is 0.456 e. The summed E-state index contributed by atoms with van der Waals surface area (Å²) >= 11 is 0. The van der Waals surface area contributed by atoms with E-state index < -0.39 is 0 Å². The van der Waals surface area contributed by atoms with E-state index in [0.29, 0.717) is 5.56 Å². The van der Waals surface area contributed by atoms with Crippen LogP contribution in [-0.4, -0.2) is 11.6 Å². The third-order valence-electron chi connectivity index (χ3n) is 4.79. The number of hydrogen-bond donors (Lipinski definition) is 0. The zero-order chi connectivity index (χ0) is 14.8. The lowest BCUT2D eigenvalue weighted by molar-refractivity contribution is -0.00609. The third kappa shape index (κ3) is 3.23. The summed E-state index contributed by atoms with van der Waals surface area (Å²) in [5.74, 6) is -0.185. The fourth-order valence-corrected chi connectivity index (χ4v) is 2.77. The van der Waals surface area contributed by atoms with E-state index in [9.17, 15) is 4.79 Å². The smallest absolute Gasteiger partial charge is 0.338 e. The molecule has 0 unspecified atom stereocenters. The maximum atomic E-state index is 12.2. The van der Waals surface area contributed by atoms with Gasteiger partial charge in [0, 0.05) is 0 Å². The molecule has 2 heteroatoms. The Morgan fingerprint density at radius 2 is 1.75 bits per heavy atom. The van der Waals surface area contributed by atoms with Gasteiger partial charge in [-0.15, -0.1) is 0 Å². The predicted molar refractivity (Wildman–Crippen MR) is 82.0 cm³/mol. The van der Waals surface area contributed by atoms with Crippen molar-refractivity contribution in [3.8, 4) is 0 Å². The van der Waals surface area contributed by atoms with Crippen molar-refractivity contribution >= 4 is 5.97 Å². The Balaban J connectivity index is 2.08. The minimum atomic E-state index is -0.252. The van der Waals surface area contributed by atoms with Crippen LogP contribution in [0.2, 0.25) is 0 Å². The van der Waals surface area contributed by atoms with Crippen molar-refractivity contribution in [3.05, 3.63) is 35.4 Å². The fourth-order valence-electron chi connectivity index (χ4n) is 2.77. The van der Waals surface area contributed by atoms with Crippen LogP contribution in [0.3, 0.4) is 0 Å². The molecule has 110 valence electrons. The molecule has 0 atom stereocenters. The lowest BCUT2D eigenvalue weighted by Gasteiger charge is -2.25. The van der Waals surface area contributed by atoms with Gasteiger partial charge in [-0.25, -0.2) is 4.79 Å². The molecule has 0 bridgehead atoms. The summed E-state index contributed by atoms with van der Waals surface area (Å²) in [5, 5.41) is 0. The standard InChI is InChI=1S/C18H26O2/c1-5-17(2,3)15-10-8-14(9-11-15)16(19)20-18(4)12-6-7-13-18/h8-11H,5-7,12-13H2,1-4H3. The van der Waals surface area contributed by atoms with Gasteiger partial charge in [-0.2, -0.15) is 0 Å². The Labute approximate surface area is 122 Å². The molecule has 1 aromatic carbocycles. The number of rotatable bonds is 4. The number of carbonyl (C=O) groups is 1. The first-order chi connectivity index (χ1) is 9.36. The third-order valence-corrected chi connectivity index (χ3v) is 4.79. The number of benzene rings is 1. The van der Waals surface area contributed by atoms with Crippen LogP contribution < -0.4 is 0 Å². The summed E-state index contributed by atoms with van der Waals surface area (Å²) in [4.78, 5) is 12.2. The molecule has 0 saturated heterocycles. The summed E-state index contributed by atoms with van der Waals surface area (Å²) in [7, 11) is 0. The van der Waals surface area contributed by atoms with Gasteiger partial charge < -0.3 is 4.74 Å². The van der Waals surface area contributed by atoms with Crippen LogP contribution in [0.5, 0.6) is 0 Å². The van der Waals surface area contributed by atoms with Crippen LogP contribution in [0, 0.1) is 0 Å². The molecular weight excluding hydrogens is 248 g/mol. The second kappa shape index (κ2) is 5.59. The zero-order valence-electron chi connectivity index (χ0n) is 13.2. The molecule has 0 aliphatic heterocycles. The molecule has 0 N–H and O–H groups in total. The molecule has 0 amide bonds. The maximum Gasteiger partial charge on any atom is 0.338 e. The molecule has 1 aromatic rings. The molecule has 1 fully saturated rings. The van der Waals surface area contributed by atoms with E-state index in [1.165, 1.54) is 5.56 Å². The average Bonchev–Trinajstić information content (AvgIpc) is 2.85. The molecule has 1 aliphatic carbocycles. The molecule has 20 heavy (non-hydrogen) atoms. The lowest BCUT2D eigenvalue weighted by atomic mass is 9.82. The monoisotopic (exact) mass is 274 g/mol. The first-order valence-corrected chi connectivity index (χ1v) is 7.70. The summed E-state index contributed by atoms with van der Waals surface area (Å²) in [6.45, 7) is 8.68. The lowest BCUT2D eigenvalue weighted by Crippen LogP contribution is -2.28. The molecular formula is C18H26O2. The first-order valence-electron chi connectivity index (χ1n) is 7.70. The van der Waals surface area contributed by atoms with Gasteiger partial charge >= 0.3 is 5.97 Å². The SMILES string of the molecule is CCC(C)(C)c1ccc(C(=O)OC2(C)CCCC2)cc1. The van der Waals surface area contributed by atoms with Gasteiger partial charge in [-0.1, -0.05) is 32.9 Å². The highest BCUT2D eigenvalue weighted by molar-refractivity contribution is 5.89. The Hall–Kier alpha value is -1.31. The number of ether oxygens (including phenoxy) is 1. The molecule has 0 heterocycles. The second-order valence-corrected chi connectivity index (χ2v) is 6.86. The van der Waals surface area contributed by atoms with E-state index in [2.05, 4.69) is 32.9 Å². The van der Waals surface area contributed by atoms with E-state index in [1.807, 2.05) is 19.1 Å². The van der Waals surface area contributed by atoms with Crippen LogP contribution in [0.1, 0.15) is 75.7 Å². The van der Waals surface area contributed by atoms with E-state index in [0.717, 1.165) is 32.1 Å². The molecule has 2 nitrogen and oxygen atoms in total. The zero-order valence-corrected chi connectivity index (χ0v) is 13.2. The van der Waals surface area contributed by atoms with Crippen LogP contribution in [0.25, 0.3) is 0 Å². The quantitative estimate of drug-likeness (QED) is 0.733. The highest BCUT2D eigenvalue weighted by atomic mass is 16.6. The Kier molecular flexibility index (Phi) is 4.22. The van der Waals surface area contributed by atoms with Crippen molar-refractivity contribution in [3.63, 3.8) is 0 Å². The van der Waals surface area contributed by atoms with Crippen molar-refractivity contribution in [2.75, 3.05) is 0 Å². The highest BCUT2D eigenvalue weighted by Gasteiger charge is 2.32. The molecule has 2 rings (SSSR count). The Bertz CT molecular complexity index is 465. The summed E-state index contributed by atoms with van der Waals surface area (Å²) in [6, 6.07) is 7.90. The van der Waals surface area contributed by atoms with E-state index >= 15 is 0 Å². The van der Waals surface area contributed by atoms with Crippen LogP contribution >= 0.6 is 0 Å². The summed E-state index contributed by atoms with van der Waals surface area (Å²) in [5.41, 5.74) is 1.83. The minimum Gasteiger partial charge on any atom is -0.456 e. The normalized spacial score (nSPS) is 18.0. The van der Waals surface area contributed by atoms with E-state index in [4.69, 9.17) is 4.74 Å². The number of hydrogen-bond acceptors (Lipinski definition) is 2.